The molecule has 0 aliphatic carbocycles. The minimum Gasteiger partial charge on any atom is -0.354 e. The molecular formula is C21H27N7. The third kappa shape index (κ3) is 4.20. The van der Waals surface area contributed by atoms with E-state index in [0.29, 0.717) is 5.92 Å². The van der Waals surface area contributed by atoms with Gasteiger partial charge < -0.3 is 4.90 Å². The van der Waals surface area contributed by atoms with E-state index in [1.54, 1.807) is 4.80 Å². The van der Waals surface area contributed by atoms with Gasteiger partial charge in [0.2, 0.25) is 0 Å². The Morgan fingerprint density at radius 2 is 1.75 bits per heavy atom. The number of aromatic nitrogens is 5. The van der Waals surface area contributed by atoms with Gasteiger partial charge in [0.15, 0.2) is 0 Å². The van der Waals surface area contributed by atoms with Crippen molar-refractivity contribution in [3.8, 4) is 5.69 Å². The Balaban J connectivity index is 1.37. The van der Waals surface area contributed by atoms with Crippen molar-refractivity contribution in [1.82, 2.24) is 29.9 Å². The zero-order valence-electron chi connectivity index (χ0n) is 16.8. The van der Waals surface area contributed by atoms with Crippen LogP contribution in [0.5, 0.6) is 0 Å². The van der Waals surface area contributed by atoms with Gasteiger partial charge in [0.25, 0.3) is 0 Å². The Labute approximate surface area is 166 Å². The molecule has 0 bridgehead atoms. The molecule has 1 saturated heterocycles. The first-order chi connectivity index (χ1) is 13.6. The van der Waals surface area contributed by atoms with E-state index in [9.17, 15) is 0 Å². The van der Waals surface area contributed by atoms with Crippen LogP contribution in [0.15, 0.2) is 42.6 Å². The Kier molecular flexibility index (Phi) is 5.34. The molecule has 1 fully saturated rings. The zero-order chi connectivity index (χ0) is 19.5. The lowest BCUT2D eigenvalue weighted by atomic mass is 10.2. The summed E-state index contributed by atoms with van der Waals surface area (Å²) in [6.07, 6.45) is 1.86. The standard InChI is InChI=1S/C21H27N7/c1-16(2)21-23-17(3)13-20(24-21)27-11-9-26(10-12-27)15-18-14-22-28(25-18)19-7-5-4-6-8-19/h4-8,13-14,16H,9-12,15H2,1-3H3. The van der Waals surface area contributed by atoms with Gasteiger partial charge in [-0.15, -0.1) is 0 Å². The number of piperazine rings is 1. The molecule has 3 aromatic rings. The SMILES string of the molecule is Cc1cc(N2CCN(Cc3cnn(-c4ccccc4)n3)CC2)nc(C(C)C)n1. The van der Waals surface area contributed by atoms with Gasteiger partial charge in [-0.05, 0) is 19.1 Å². The fourth-order valence-electron chi connectivity index (χ4n) is 3.41. The Hall–Kier alpha value is -2.80. The molecule has 146 valence electrons. The van der Waals surface area contributed by atoms with Crippen LogP contribution < -0.4 is 4.90 Å². The summed E-state index contributed by atoms with van der Waals surface area (Å²) in [5.74, 6) is 2.31. The van der Waals surface area contributed by atoms with Crippen molar-refractivity contribution >= 4 is 5.82 Å². The molecule has 7 heteroatoms. The molecule has 0 spiro atoms. The molecule has 0 N–H and O–H groups in total. The predicted octanol–water partition coefficient (Wildman–Crippen LogP) is 2.81. The first-order valence-corrected chi connectivity index (χ1v) is 9.88. The number of benzene rings is 1. The van der Waals surface area contributed by atoms with E-state index in [4.69, 9.17) is 4.98 Å². The highest BCUT2D eigenvalue weighted by Crippen LogP contribution is 2.19. The van der Waals surface area contributed by atoms with Gasteiger partial charge in [-0.3, -0.25) is 4.90 Å². The summed E-state index contributed by atoms with van der Waals surface area (Å²) in [7, 11) is 0. The van der Waals surface area contributed by atoms with E-state index < -0.39 is 0 Å². The molecule has 0 amide bonds. The number of anilines is 1. The summed E-state index contributed by atoms with van der Waals surface area (Å²) in [6, 6.07) is 12.1. The molecule has 0 radical (unpaired) electrons. The number of hydrogen-bond acceptors (Lipinski definition) is 6. The van der Waals surface area contributed by atoms with Crippen LogP contribution in [0.4, 0.5) is 5.82 Å². The number of aryl methyl sites for hydroxylation is 1. The molecule has 0 atom stereocenters. The van der Waals surface area contributed by atoms with E-state index in [2.05, 4.69) is 44.9 Å². The second-order valence-electron chi connectivity index (χ2n) is 7.60. The maximum absolute atomic E-state index is 4.77. The smallest absolute Gasteiger partial charge is 0.133 e. The van der Waals surface area contributed by atoms with E-state index >= 15 is 0 Å². The van der Waals surface area contributed by atoms with Gasteiger partial charge in [0.05, 0.1) is 17.6 Å². The van der Waals surface area contributed by atoms with Crippen LogP contribution >= 0.6 is 0 Å². The summed E-state index contributed by atoms with van der Waals surface area (Å²) < 4.78 is 0. The molecule has 1 aliphatic heterocycles. The van der Waals surface area contributed by atoms with Gasteiger partial charge in [0.1, 0.15) is 11.6 Å². The highest BCUT2D eigenvalue weighted by Gasteiger charge is 2.20. The summed E-state index contributed by atoms with van der Waals surface area (Å²) in [5.41, 5.74) is 3.02. The van der Waals surface area contributed by atoms with Gasteiger partial charge in [-0.25, -0.2) is 9.97 Å². The van der Waals surface area contributed by atoms with Gasteiger partial charge in [0, 0.05) is 50.4 Å². The minimum absolute atomic E-state index is 0.340. The second kappa shape index (κ2) is 8.06. The van der Waals surface area contributed by atoms with Crippen molar-refractivity contribution in [1.29, 1.82) is 0 Å². The van der Waals surface area contributed by atoms with E-state index in [-0.39, 0.29) is 0 Å². The molecule has 28 heavy (non-hydrogen) atoms. The zero-order valence-corrected chi connectivity index (χ0v) is 16.8. The Morgan fingerprint density at radius 3 is 2.46 bits per heavy atom. The molecule has 3 heterocycles. The van der Waals surface area contributed by atoms with Crippen LogP contribution in [-0.2, 0) is 6.54 Å². The van der Waals surface area contributed by atoms with Gasteiger partial charge in [-0.1, -0.05) is 32.0 Å². The van der Waals surface area contributed by atoms with Crippen LogP contribution in [0.2, 0.25) is 0 Å². The summed E-state index contributed by atoms with van der Waals surface area (Å²) in [4.78, 5) is 15.8. The molecule has 1 aliphatic rings. The third-order valence-corrected chi connectivity index (χ3v) is 4.98. The van der Waals surface area contributed by atoms with Crippen molar-refractivity contribution in [3.63, 3.8) is 0 Å². The van der Waals surface area contributed by atoms with Crippen molar-refractivity contribution in [3.05, 3.63) is 59.8 Å². The minimum atomic E-state index is 0.340. The monoisotopic (exact) mass is 377 g/mol. The molecule has 2 aromatic heterocycles. The Morgan fingerprint density at radius 1 is 1.00 bits per heavy atom. The highest BCUT2D eigenvalue weighted by atomic mass is 15.5. The fourth-order valence-corrected chi connectivity index (χ4v) is 3.41. The first-order valence-electron chi connectivity index (χ1n) is 9.88. The molecule has 4 rings (SSSR count). The lowest BCUT2D eigenvalue weighted by molar-refractivity contribution is 0.246. The van der Waals surface area contributed by atoms with Crippen molar-refractivity contribution in [2.75, 3.05) is 31.1 Å². The summed E-state index contributed by atoms with van der Waals surface area (Å²) in [5, 5.41) is 9.03. The van der Waals surface area contributed by atoms with Crippen LogP contribution in [0.25, 0.3) is 5.69 Å². The topological polar surface area (TPSA) is 63.0 Å². The average molecular weight is 377 g/mol. The summed E-state index contributed by atoms with van der Waals surface area (Å²) in [6.45, 7) is 11.0. The Bertz CT molecular complexity index is 912. The van der Waals surface area contributed by atoms with Crippen LogP contribution in [0.3, 0.4) is 0 Å². The molecule has 0 saturated carbocycles. The predicted molar refractivity (Wildman–Crippen MR) is 110 cm³/mol. The maximum atomic E-state index is 4.77. The average Bonchev–Trinajstić information content (AvgIpc) is 3.17. The highest BCUT2D eigenvalue weighted by molar-refractivity contribution is 5.40. The number of para-hydroxylation sites is 1. The van der Waals surface area contributed by atoms with Crippen molar-refractivity contribution < 1.29 is 0 Å². The van der Waals surface area contributed by atoms with Gasteiger partial charge in [-0.2, -0.15) is 15.0 Å². The third-order valence-electron chi connectivity index (χ3n) is 4.98. The molecule has 1 aromatic carbocycles. The normalized spacial score (nSPS) is 15.4. The van der Waals surface area contributed by atoms with Crippen molar-refractivity contribution in [2.45, 2.75) is 33.2 Å². The largest absolute Gasteiger partial charge is 0.354 e. The first kappa shape index (κ1) is 18.6. The molecular weight excluding hydrogens is 350 g/mol. The van der Waals surface area contributed by atoms with Crippen molar-refractivity contribution in [2.24, 2.45) is 0 Å². The maximum Gasteiger partial charge on any atom is 0.133 e. The second-order valence-corrected chi connectivity index (χ2v) is 7.60. The summed E-state index contributed by atoms with van der Waals surface area (Å²) >= 11 is 0. The number of rotatable bonds is 5. The number of hydrogen-bond donors (Lipinski definition) is 0. The number of nitrogens with zero attached hydrogens (tertiary/aromatic N) is 7. The van der Waals surface area contributed by atoms with Crippen LogP contribution in [0.1, 0.15) is 37.0 Å². The van der Waals surface area contributed by atoms with Crippen LogP contribution in [0, 0.1) is 6.92 Å². The van der Waals surface area contributed by atoms with E-state index in [1.165, 1.54) is 0 Å². The van der Waals surface area contributed by atoms with E-state index in [0.717, 1.165) is 61.4 Å². The lowest BCUT2D eigenvalue weighted by Crippen LogP contribution is -2.46. The molecule has 7 nitrogen and oxygen atoms in total. The van der Waals surface area contributed by atoms with Gasteiger partial charge >= 0.3 is 0 Å². The quantitative estimate of drug-likeness (QED) is 0.681. The van der Waals surface area contributed by atoms with Crippen LogP contribution in [-0.4, -0.2) is 56.0 Å². The van der Waals surface area contributed by atoms with E-state index in [1.807, 2.05) is 43.5 Å². The fraction of sp³-hybridized carbons (Fsp3) is 0.429. The molecule has 0 unspecified atom stereocenters. The lowest BCUT2D eigenvalue weighted by Gasteiger charge is -2.35.